The summed E-state index contributed by atoms with van der Waals surface area (Å²) in [4.78, 5) is 0. The van der Waals surface area contributed by atoms with Gasteiger partial charge in [0.05, 0.1) is 5.69 Å². The third-order valence-corrected chi connectivity index (χ3v) is 4.64. The van der Waals surface area contributed by atoms with Gasteiger partial charge >= 0.3 is 0 Å². The van der Waals surface area contributed by atoms with Crippen LogP contribution in [0.4, 0.5) is 0 Å². The van der Waals surface area contributed by atoms with Crippen molar-refractivity contribution in [3.8, 4) is 0 Å². The molecule has 0 aromatic carbocycles. The molecule has 0 radical (unpaired) electrons. The Labute approximate surface area is 114 Å². The van der Waals surface area contributed by atoms with E-state index < -0.39 is 10.2 Å². The van der Waals surface area contributed by atoms with Crippen LogP contribution in [-0.2, 0) is 23.8 Å². The van der Waals surface area contributed by atoms with Gasteiger partial charge in [-0.2, -0.15) is 22.5 Å². The van der Waals surface area contributed by atoms with E-state index in [2.05, 4.69) is 9.82 Å². The number of hydrogen-bond acceptors (Lipinski definition) is 4. The fourth-order valence-electron chi connectivity index (χ4n) is 1.76. The molecule has 110 valence electrons. The van der Waals surface area contributed by atoms with Gasteiger partial charge in [0.1, 0.15) is 0 Å². The van der Waals surface area contributed by atoms with Crippen LogP contribution in [0.25, 0.3) is 0 Å². The van der Waals surface area contributed by atoms with Crippen molar-refractivity contribution in [1.82, 2.24) is 18.8 Å². The number of rotatable bonds is 7. The topological polar surface area (TPSA) is 87.5 Å². The van der Waals surface area contributed by atoms with Gasteiger partial charge in [0, 0.05) is 45.0 Å². The minimum Gasteiger partial charge on any atom is -0.396 e. The van der Waals surface area contributed by atoms with Crippen LogP contribution in [0.1, 0.15) is 23.4 Å². The standard InChI is InChI=1S/C11H22N4O3S/c1-9-11(10(2)15(4)13-9)8-12-19(17,18)14(3)6-5-7-16/h12,16H,5-8H2,1-4H3. The molecular weight excluding hydrogens is 268 g/mol. The van der Waals surface area contributed by atoms with Gasteiger partial charge in [-0.1, -0.05) is 0 Å². The lowest BCUT2D eigenvalue weighted by Crippen LogP contribution is -2.38. The third-order valence-electron chi connectivity index (χ3n) is 3.13. The van der Waals surface area contributed by atoms with E-state index in [1.807, 2.05) is 20.9 Å². The Morgan fingerprint density at radius 1 is 1.42 bits per heavy atom. The number of hydrogen-bond donors (Lipinski definition) is 2. The predicted molar refractivity (Wildman–Crippen MR) is 72.8 cm³/mol. The highest BCUT2D eigenvalue weighted by Crippen LogP contribution is 2.12. The number of aromatic nitrogens is 2. The molecule has 2 N–H and O–H groups in total. The largest absolute Gasteiger partial charge is 0.396 e. The Kier molecular flexibility index (Phi) is 5.48. The molecule has 0 saturated heterocycles. The normalized spacial score (nSPS) is 12.3. The molecule has 0 amide bonds. The van der Waals surface area contributed by atoms with E-state index in [1.165, 1.54) is 11.4 Å². The Hall–Kier alpha value is -0.960. The maximum absolute atomic E-state index is 11.9. The summed E-state index contributed by atoms with van der Waals surface area (Å²) in [5, 5.41) is 13.0. The van der Waals surface area contributed by atoms with E-state index in [0.717, 1.165) is 17.0 Å². The monoisotopic (exact) mass is 290 g/mol. The van der Waals surface area contributed by atoms with Crippen molar-refractivity contribution >= 4 is 10.2 Å². The first kappa shape index (κ1) is 16.1. The lowest BCUT2D eigenvalue weighted by molar-refractivity contribution is 0.275. The second-order valence-electron chi connectivity index (χ2n) is 4.50. The third kappa shape index (κ3) is 4.00. The van der Waals surface area contributed by atoms with Crippen LogP contribution in [-0.4, -0.2) is 47.8 Å². The quantitative estimate of drug-likeness (QED) is 0.721. The van der Waals surface area contributed by atoms with Crippen molar-refractivity contribution in [2.45, 2.75) is 26.8 Å². The van der Waals surface area contributed by atoms with Crippen molar-refractivity contribution < 1.29 is 13.5 Å². The Balaban J connectivity index is 2.70. The second-order valence-corrected chi connectivity index (χ2v) is 6.36. The zero-order valence-corrected chi connectivity index (χ0v) is 12.7. The molecule has 0 aliphatic heterocycles. The predicted octanol–water partition coefficient (Wildman–Crippen LogP) is -0.314. The molecule has 1 aromatic rings. The summed E-state index contributed by atoms with van der Waals surface area (Å²) in [5.74, 6) is 0. The van der Waals surface area contributed by atoms with Gasteiger partial charge in [-0.15, -0.1) is 0 Å². The Morgan fingerprint density at radius 3 is 2.53 bits per heavy atom. The number of aryl methyl sites for hydroxylation is 2. The van der Waals surface area contributed by atoms with Crippen molar-refractivity contribution in [2.24, 2.45) is 7.05 Å². The lowest BCUT2D eigenvalue weighted by atomic mass is 10.2. The minimum atomic E-state index is -3.52. The molecule has 0 spiro atoms. The van der Waals surface area contributed by atoms with E-state index in [9.17, 15) is 8.42 Å². The fraction of sp³-hybridized carbons (Fsp3) is 0.727. The molecule has 0 bridgehead atoms. The van der Waals surface area contributed by atoms with Crippen molar-refractivity contribution in [2.75, 3.05) is 20.2 Å². The highest BCUT2D eigenvalue weighted by molar-refractivity contribution is 7.87. The van der Waals surface area contributed by atoms with Gasteiger partial charge in [0.15, 0.2) is 0 Å². The molecule has 1 aromatic heterocycles. The number of aliphatic hydroxyl groups is 1. The molecular formula is C11H22N4O3S. The maximum atomic E-state index is 11.9. The van der Waals surface area contributed by atoms with Crippen LogP contribution in [0, 0.1) is 13.8 Å². The minimum absolute atomic E-state index is 0.0271. The van der Waals surface area contributed by atoms with E-state index in [4.69, 9.17) is 5.11 Å². The molecule has 8 heteroatoms. The van der Waals surface area contributed by atoms with E-state index in [0.29, 0.717) is 6.42 Å². The first-order chi connectivity index (χ1) is 8.79. The smallest absolute Gasteiger partial charge is 0.279 e. The molecule has 0 saturated carbocycles. The highest BCUT2D eigenvalue weighted by atomic mass is 32.2. The van der Waals surface area contributed by atoms with Crippen LogP contribution < -0.4 is 4.72 Å². The molecule has 0 aliphatic rings. The van der Waals surface area contributed by atoms with E-state index >= 15 is 0 Å². The first-order valence-corrected chi connectivity index (χ1v) is 7.54. The summed E-state index contributed by atoms with van der Waals surface area (Å²) >= 11 is 0. The fourth-order valence-corrected chi connectivity index (χ4v) is 2.68. The van der Waals surface area contributed by atoms with Crippen LogP contribution in [0.5, 0.6) is 0 Å². The van der Waals surface area contributed by atoms with Crippen LogP contribution in [0.3, 0.4) is 0 Å². The van der Waals surface area contributed by atoms with Crippen LogP contribution in [0.2, 0.25) is 0 Å². The summed E-state index contributed by atoms with van der Waals surface area (Å²) in [6.45, 7) is 4.24. The average molecular weight is 290 g/mol. The summed E-state index contributed by atoms with van der Waals surface area (Å²) < 4.78 is 29.4. The SMILES string of the molecule is Cc1nn(C)c(C)c1CNS(=O)(=O)N(C)CCCO. The Morgan fingerprint density at radius 2 is 2.05 bits per heavy atom. The second kappa shape index (κ2) is 6.47. The van der Waals surface area contributed by atoms with Gasteiger partial charge in [-0.05, 0) is 20.3 Å². The number of nitrogens with one attached hydrogen (secondary N) is 1. The maximum Gasteiger partial charge on any atom is 0.279 e. The van der Waals surface area contributed by atoms with E-state index in [1.54, 1.807) is 4.68 Å². The van der Waals surface area contributed by atoms with E-state index in [-0.39, 0.29) is 19.7 Å². The molecule has 7 nitrogen and oxygen atoms in total. The summed E-state index contributed by atoms with van der Waals surface area (Å²) in [6.07, 6.45) is 0.419. The van der Waals surface area contributed by atoms with Gasteiger partial charge in [-0.3, -0.25) is 4.68 Å². The highest BCUT2D eigenvalue weighted by Gasteiger charge is 2.18. The van der Waals surface area contributed by atoms with Crippen molar-refractivity contribution in [3.05, 3.63) is 17.0 Å². The van der Waals surface area contributed by atoms with Crippen molar-refractivity contribution in [1.29, 1.82) is 0 Å². The summed E-state index contributed by atoms with van der Waals surface area (Å²) in [5.41, 5.74) is 2.65. The molecule has 0 fully saturated rings. The van der Waals surface area contributed by atoms with Gasteiger partial charge in [-0.25, -0.2) is 0 Å². The zero-order valence-electron chi connectivity index (χ0n) is 11.8. The molecule has 1 heterocycles. The molecule has 0 aliphatic carbocycles. The molecule has 19 heavy (non-hydrogen) atoms. The van der Waals surface area contributed by atoms with Crippen LogP contribution in [0.15, 0.2) is 0 Å². The number of nitrogens with zero attached hydrogens (tertiary/aromatic N) is 3. The van der Waals surface area contributed by atoms with Crippen molar-refractivity contribution in [3.63, 3.8) is 0 Å². The van der Waals surface area contributed by atoms with Gasteiger partial charge in [0.25, 0.3) is 10.2 Å². The van der Waals surface area contributed by atoms with Gasteiger partial charge < -0.3 is 5.11 Å². The summed E-state index contributed by atoms with van der Waals surface area (Å²) in [6, 6.07) is 0. The zero-order chi connectivity index (χ0) is 14.6. The molecule has 1 rings (SSSR count). The van der Waals surface area contributed by atoms with Gasteiger partial charge in [0.2, 0.25) is 0 Å². The number of aliphatic hydroxyl groups excluding tert-OH is 1. The first-order valence-electron chi connectivity index (χ1n) is 6.10. The summed E-state index contributed by atoms with van der Waals surface area (Å²) in [7, 11) is -0.206. The molecule has 0 atom stereocenters. The van der Waals surface area contributed by atoms with Crippen LogP contribution >= 0.6 is 0 Å². The lowest BCUT2D eigenvalue weighted by Gasteiger charge is -2.17. The average Bonchev–Trinajstić information content (AvgIpc) is 2.58. The molecule has 0 unspecified atom stereocenters. The Bertz CT molecular complexity index is 524.